The Morgan fingerprint density at radius 2 is 1.08 bits per heavy atom. The van der Waals surface area contributed by atoms with Crippen molar-refractivity contribution in [3.8, 4) is 0 Å². The molecule has 0 fully saturated rings. The number of hydrogen-bond donors (Lipinski definition) is 2. The molecule has 0 rings (SSSR count). The van der Waals surface area contributed by atoms with Crippen molar-refractivity contribution in [2.24, 2.45) is 0 Å². The smallest absolute Gasteiger partial charge is 0.267 e. The normalized spacial score (nSPS) is 14.6. The molecule has 0 bridgehead atoms. The maximum absolute atomic E-state index is 10.9. The summed E-state index contributed by atoms with van der Waals surface area (Å²) in [7, 11) is -4.02. The molecule has 0 aliphatic carbocycles. The van der Waals surface area contributed by atoms with Gasteiger partial charge in [-0.1, -0.05) is 96.8 Å². The van der Waals surface area contributed by atoms with Gasteiger partial charge in [0.2, 0.25) is 0 Å². The van der Waals surface area contributed by atoms with Crippen molar-refractivity contribution in [2.45, 2.75) is 128 Å². The van der Waals surface area contributed by atoms with Crippen molar-refractivity contribution in [1.82, 2.24) is 0 Å². The minimum absolute atomic E-state index is 0.122. The molecule has 25 heavy (non-hydrogen) atoms. The first-order chi connectivity index (χ1) is 11.9. The first-order valence-corrected chi connectivity index (χ1v) is 12.0. The molecule has 0 aliphatic rings. The van der Waals surface area contributed by atoms with E-state index in [2.05, 4.69) is 6.92 Å². The predicted molar refractivity (Wildman–Crippen MR) is 107 cm³/mol. The second-order valence-electron chi connectivity index (χ2n) is 7.60. The fourth-order valence-corrected chi connectivity index (χ4v) is 3.66. The first-order valence-electron chi connectivity index (χ1n) is 10.5. The van der Waals surface area contributed by atoms with Gasteiger partial charge >= 0.3 is 0 Å². The summed E-state index contributed by atoms with van der Waals surface area (Å²) in [6.07, 6.45) is 18.3. The summed E-state index contributed by atoms with van der Waals surface area (Å²) < 4.78 is 30.7. The van der Waals surface area contributed by atoms with E-state index < -0.39 is 21.5 Å². The van der Waals surface area contributed by atoms with Crippen LogP contribution in [0.4, 0.5) is 0 Å². The van der Waals surface area contributed by atoms with Crippen LogP contribution in [0.1, 0.15) is 117 Å². The van der Waals surface area contributed by atoms with Crippen LogP contribution < -0.4 is 0 Å². The summed E-state index contributed by atoms with van der Waals surface area (Å²) in [6.45, 7) is 3.69. The number of unbranched alkanes of at least 4 members (excludes halogenated alkanes) is 13. The van der Waals surface area contributed by atoms with Crippen molar-refractivity contribution in [3.05, 3.63) is 0 Å². The number of aliphatic hydroxyl groups excluding tert-OH is 1. The zero-order chi connectivity index (χ0) is 19.0. The van der Waals surface area contributed by atoms with Gasteiger partial charge in [0, 0.05) is 0 Å². The molecular weight excluding hydrogens is 336 g/mol. The van der Waals surface area contributed by atoms with Gasteiger partial charge in [-0.2, -0.15) is 8.42 Å². The van der Waals surface area contributed by atoms with Crippen LogP contribution in [0.25, 0.3) is 0 Å². The summed E-state index contributed by atoms with van der Waals surface area (Å²) in [5.74, 6) is 0. The Morgan fingerprint density at radius 1 is 0.720 bits per heavy atom. The fourth-order valence-electron chi connectivity index (χ4n) is 3.20. The number of hydrogen-bond acceptors (Lipinski definition) is 3. The highest BCUT2D eigenvalue weighted by atomic mass is 32.2. The van der Waals surface area contributed by atoms with Crippen molar-refractivity contribution in [1.29, 1.82) is 0 Å². The maximum atomic E-state index is 10.9. The molecule has 2 unspecified atom stereocenters. The van der Waals surface area contributed by atoms with E-state index in [1.54, 1.807) is 0 Å². The van der Waals surface area contributed by atoms with Crippen LogP contribution in [0, 0.1) is 0 Å². The van der Waals surface area contributed by atoms with Crippen LogP contribution in [-0.2, 0) is 10.1 Å². The summed E-state index contributed by atoms with van der Waals surface area (Å²) in [6, 6.07) is 0. The number of aliphatic hydroxyl groups is 1. The summed E-state index contributed by atoms with van der Waals surface area (Å²) in [5, 5.41) is 8.92. The molecule has 0 saturated carbocycles. The third kappa shape index (κ3) is 17.1. The van der Waals surface area contributed by atoms with Gasteiger partial charge in [0.05, 0.1) is 11.4 Å². The van der Waals surface area contributed by atoms with Crippen LogP contribution in [0.2, 0.25) is 0 Å². The number of rotatable bonds is 18. The predicted octanol–water partition coefficient (Wildman–Crippen LogP) is 5.89. The average Bonchev–Trinajstić information content (AvgIpc) is 2.54. The Kier molecular flexibility index (Phi) is 16.0. The van der Waals surface area contributed by atoms with Crippen LogP contribution >= 0.6 is 0 Å². The van der Waals surface area contributed by atoms with E-state index in [9.17, 15) is 13.5 Å². The van der Waals surface area contributed by atoms with Crippen LogP contribution in [0.5, 0.6) is 0 Å². The van der Waals surface area contributed by atoms with E-state index >= 15 is 0 Å². The Hall–Kier alpha value is -0.130. The quantitative estimate of drug-likeness (QED) is 0.230. The van der Waals surface area contributed by atoms with E-state index in [-0.39, 0.29) is 6.42 Å². The van der Waals surface area contributed by atoms with Gasteiger partial charge in [0.25, 0.3) is 10.1 Å². The van der Waals surface area contributed by atoms with Crippen molar-refractivity contribution >= 4 is 10.1 Å². The molecule has 2 atom stereocenters. The van der Waals surface area contributed by atoms with Crippen molar-refractivity contribution < 1.29 is 18.1 Å². The van der Waals surface area contributed by atoms with Gasteiger partial charge in [-0.3, -0.25) is 4.55 Å². The van der Waals surface area contributed by atoms with E-state index in [4.69, 9.17) is 4.55 Å². The summed E-state index contributed by atoms with van der Waals surface area (Å²) in [4.78, 5) is 0. The molecule has 0 aromatic rings. The molecule has 0 spiro atoms. The second kappa shape index (κ2) is 16.1. The van der Waals surface area contributed by atoms with Crippen LogP contribution in [-0.4, -0.2) is 29.4 Å². The third-order valence-corrected chi connectivity index (χ3v) is 6.21. The Bertz CT molecular complexity index is 381. The topological polar surface area (TPSA) is 74.6 Å². The average molecular weight is 379 g/mol. The van der Waals surface area contributed by atoms with Gasteiger partial charge < -0.3 is 5.11 Å². The SMILES string of the molecule is CCCCCCCCCCCCCCCCC(O)CC(C)S(=O)(=O)O. The second-order valence-corrected chi connectivity index (χ2v) is 9.43. The minimum atomic E-state index is -4.02. The third-order valence-electron chi connectivity index (χ3n) is 5.00. The summed E-state index contributed by atoms with van der Waals surface area (Å²) in [5.41, 5.74) is 0. The lowest BCUT2D eigenvalue weighted by atomic mass is 10.0. The largest absolute Gasteiger partial charge is 0.393 e. The zero-order valence-electron chi connectivity index (χ0n) is 16.6. The van der Waals surface area contributed by atoms with E-state index in [1.807, 2.05) is 0 Å². The van der Waals surface area contributed by atoms with Crippen molar-refractivity contribution in [2.75, 3.05) is 0 Å². The van der Waals surface area contributed by atoms with Crippen LogP contribution in [0.3, 0.4) is 0 Å². The van der Waals surface area contributed by atoms with E-state index in [0.29, 0.717) is 6.42 Å². The van der Waals surface area contributed by atoms with Gasteiger partial charge in [-0.05, 0) is 19.8 Å². The van der Waals surface area contributed by atoms with E-state index in [0.717, 1.165) is 12.8 Å². The Labute approximate surface area is 156 Å². The lowest BCUT2D eigenvalue weighted by Crippen LogP contribution is -2.23. The van der Waals surface area contributed by atoms with Crippen LogP contribution in [0.15, 0.2) is 0 Å². The minimum Gasteiger partial charge on any atom is -0.393 e. The highest BCUT2D eigenvalue weighted by Crippen LogP contribution is 2.15. The van der Waals surface area contributed by atoms with Gasteiger partial charge in [0.15, 0.2) is 0 Å². The molecule has 0 aromatic carbocycles. The molecule has 0 radical (unpaired) electrons. The molecule has 4 nitrogen and oxygen atoms in total. The molecule has 2 N–H and O–H groups in total. The highest BCUT2D eigenvalue weighted by molar-refractivity contribution is 7.86. The van der Waals surface area contributed by atoms with Gasteiger partial charge in [-0.25, -0.2) is 0 Å². The first kappa shape index (κ1) is 24.9. The molecule has 152 valence electrons. The van der Waals surface area contributed by atoms with Crippen molar-refractivity contribution in [3.63, 3.8) is 0 Å². The molecular formula is C20H42O4S. The monoisotopic (exact) mass is 378 g/mol. The molecule has 0 aliphatic heterocycles. The maximum Gasteiger partial charge on any atom is 0.267 e. The zero-order valence-corrected chi connectivity index (χ0v) is 17.4. The van der Waals surface area contributed by atoms with E-state index in [1.165, 1.54) is 84.0 Å². The molecule has 0 aromatic heterocycles. The summed E-state index contributed by atoms with van der Waals surface area (Å²) >= 11 is 0. The fraction of sp³-hybridized carbons (Fsp3) is 1.00. The molecule has 5 heteroatoms. The molecule has 0 amide bonds. The Balaban J connectivity index is 3.28. The van der Waals surface area contributed by atoms with Gasteiger partial charge in [0.1, 0.15) is 0 Å². The highest BCUT2D eigenvalue weighted by Gasteiger charge is 2.20. The van der Waals surface area contributed by atoms with Gasteiger partial charge in [-0.15, -0.1) is 0 Å². The Morgan fingerprint density at radius 3 is 1.44 bits per heavy atom. The lowest BCUT2D eigenvalue weighted by Gasteiger charge is -2.14. The molecule has 0 saturated heterocycles. The lowest BCUT2D eigenvalue weighted by molar-refractivity contribution is 0.149. The molecule has 0 heterocycles. The standard InChI is InChI=1S/C20H42O4S/c1-3-4-5-6-7-8-9-10-11-12-13-14-15-16-17-20(21)18-19(2)25(22,23)24/h19-21H,3-18H2,1-2H3,(H,22,23,24).